The molecule has 0 aliphatic carbocycles. The Kier molecular flexibility index (Phi) is 9.99. The number of benzene rings is 1. The second-order valence-corrected chi connectivity index (χ2v) is 7.68. The average Bonchev–Trinajstić information content (AvgIpc) is 2.64. The Morgan fingerprint density at radius 2 is 1.96 bits per heavy atom. The van der Waals surface area contributed by atoms with Gasteiger partial charge in [0, 0.05) is 51.1 Å². The van der Waals surface area contributed by atoms with E-state index in [0.29, 0.717) is 24.1 Å². The zero-order valence-corrected chi connectivity index (χ0v) is 19.0. The fourth-order valence-electron chi connectivity index (χ4n) is 2.29. The zero-order chi connectivity index (χ0) is 19.0. The highest BCUT2D eigenvalue weighted by atomic mass is 127. The van der Waals surface area contributed by atoms with Gasteiger partial charge in [0.1, 0.15) is 4.90 Å². The van der Waals surface area contributed by atoms with E-state index in [1.54, 1.807) is 13.1 Å². The molecular weight excluding hydrogens is 501 g/mol. The van der Waals surface area contributed by atoms with Crippen LogP contribution < -0.4 is 10.0 Å². The van der Waals surface area contributed by atoms with Gasteiger partial charge in [0.15, 0.2) is 5.96 Å². The Labute approximate surface area is 182 Å². The number of pyridine rings is 1. The summed E-state index contributed by atoms with van der Waals surface area (Å²) < 4.78 is 26.8. The minimum Gasteiger partial charge on any atom is -0.355 e. The smallest absolute Gasteiger partial charge is 0.242 e. The quantitative estimate of drug-likeness (QED) is 0.252. The summed E-state index contributed by atoms with van der Waals surface area (Å²) in [6, 6.07) is 10.7. The molecule has 7 nitrogen and oxygen atoms in total. The van der Waals surface area contributed by atoms with Crippen molar-refractivity contribution in [2.24, 2.45) is 4.99 Å². The lowest BCUT2D eigenvalue weighted by Crippen LogP contribution is -2.42. The van der Waals surface area contributed by atoms with Crippen LogP contribution in [0.25, 0.3) is 0 Å². The van der Waals surface area contributed by atoms with E-state index in [2.05, 4.69) is 20.0 Å². The van der Waals surface area contributed by atoms with Crippen molar-refractivity contribution in [2.75, 3.05) is 27.2 Å². The van der Waals surface area contributed by atoms with Crippen LogP contribution in [0.4, 0.5) is 0 Å². The third-order valence-electron chi connectivity index (χ3n) is 3.58. The minimum absolute atomic E-state index is 0. The molecule has 2 rings (SSSR count). The number of rotatable bonds is 7. The van der Waals surface area contributed by atoms with Gasteiger partial charge in [-0.3, -0.25) is 9.98 Å². The molecule has 1 aromatic carbocycles. The molecule has 0 radical (unpaired) electrons. The van der Waals surface area contributed by atoms with Gasteiger partial charge in [0.25, 0.3) is 0 Å². The minimum atomic E-state index is -3.56. The van der Waals surface area contributed by atoms with Crippen molar-refractivity contribution in [3.63, 3.8) is 0 Å². The molecule has 0 aliphatic heterocycles. The third-order valence-corrected chi connectivity index (χ3v) is 5.40. The number of guanidine groups is 1. The van der Waals surface area contributed by atoms with E-state index >= 15 is 0 Å². The molecule has 0 saturated heterocycles. The van der Waals surface area contributed by atoms with Crippen LogP contribution in [-0.2, 0) is 16.6 Å². The lowest BCUT2D eigenvalue weighted by Gasteiger charge is -2.22. The Bertz CT molecular complexity index is 849. The summed E-state index contributed by atoms with van der Waals surface area (Å²) in [5.74, 6) is 0.644. The Morgan fingerprint density at radius 1 is 1.22 bits per heavy atom. The maximum absolute atomic E-state index is 12.1. The number of hydrogen-bond donors (Lipinski definition) is 2. The van der Waals surface area contributed by atoms with Crippen LogP contribution in [0, 0.1) is 0 Å². The molecule has 2 N–H and O–H groups in total. The first kappa shape index (κ1) is 23.6. The van der Waals surface area contributed by atoms with Crippen molar-refractivity contribution in [3.8, 4) is 0 Å². The maximum atomic E-state index is 12.1. The van der Waals surface area contributed by atoms with Crippen LogP contribution in [-0.4, -0.2) is 51.4 Å². The molecule has 0 unspecified atom stereocenters. The molecule has 2 aromatic rings. The molecule has 27 heavy (non-hydrogen) atoms. The standard InChI is InChI=1S/C17H22ClN5O2S.HI/c1-19-17(23(2)13-14-6-3-4-8-16(14)18)21-10-11-22-26(24,25)15-7-5-9-20-12-15;/h3-9,12,22H,10-11,13H2,1-2H3,(H,19,21);1H. The lowest BCUT2D eigenvalue weighted by molar-refractivity contribution is 0.477. The highest BCUT2D eigenvalue weighted by molar-refractivity contribution is 14.0. The molecule has 10 heteroatoms. The summed E-state index contributed by atoms with van der Waals surface area (Å²) >= 11 is 6.18. The summed E-state index contributed by atoms with van der Waals surface area (Å²) in [6.07, 6.45) is 2.84. The van der Waals surface area contributed by atoms with Crippen molar-refractivity contribution in [1.82, 2.24) is 19.9 Å². The van der Waals surface area contributed by atoms with Crippen molar-refractivity contribution in [1.29, 1.82) is 0 Å². The number of nitrogens with zero attached hydrogens (tertiary/aromatic N) is 3. The largest absolute Gasteiger partial charge is 0.355 e. The van der Waals surface area contributed by atoms with Crippen LogP contribution in [0.1, 0.15) is 5.56 Å². The van der Waals surface area contributed by atoms with E-state index in [9.17, 15) is 8.42 Å². The summed E-state index contributed by atoms with van der Waals surface area (Å²) in [5.41, 5.74) is 0.983. The highest BCUT2D eigenvalue weighted by Crippen LogP contribution is 2.16. The summed E-state index contributed by atoms with van der Waals surface area (Å²) in [5, 5.41) is 3.82. The molecule has 0 bridgehead atoms. The second-order valence-electron chi connectivity index (χ2n) is 5.51. The predicted octanol–water partition coefficient (Wildman–Crippen LogP) is 2.34. The van der Waals surface area contributed by atoms with Gasteiger partial charge >= 0.3 is 0 Å². The van der Waals surface area contributed by atoms with Crippen molar-refractivity contribution in [3.05, 3.63) is 59.4 Å². The van der Waals surface area contributed by atoms with E-state index in [4.69, 9.17) is 11.6 Å². The predicted molar refractivity (Wildman–Crippen MR) is 119 cm³/mol. The molecule has 148 valence electrons. The first-order valence-corrected chi connectivity index (χ1v) is 9.85. The van der Waals surface area contributed by atoms with Crippen LogP contribution in [0.3, 0.4) is 0 Å². The van der Waals surface area contributed by atoms with Gasteiger partial charge in [-0.1, -0.05) is 29.8 Å². The number of aliphatic imine (C=N–C) groups is 1. The average molecular weight is 524 g/mol. The molecular formula is C17H23ClIN5O2S. The molecule has 0 saturated carbocycles. The Hall–Kier alpha value is -1.43. The van der Waals surface area contributed by atoms with Crippen LogP contribution in [0.15, 0.2) is 58.7 Å². The van der Waals surface area contributed by atoms with Gasteiger partial charge in [0.2, 0.25) is 10.0 Å². The molecule has 1 heterocycles. The van der Waals surface area contributed by atoms with Crippen LogP contribution in [0.2, 0.25) is 5.02 Å². The first-order valence-electron chi connectivity index (χ1n) is 7.99. The Morgan fingerprint density at radius 3 is 2.59 bits per heavy atom. The SMILES string of the molecule is CN=C(NCCNS(=O)(=O)c1cccnc1)N(C)Cc1ccccc1Cl.I. The van der Waals surface area contributed by atoms with Gasteiger partial charge in [-0.15, -0.1) is 24.0 Å². The summed E-state index contributed by atoms with van der Waals surface area (Å²) in [4.78, 5) is 10.1. The van der Waals surface area contributed by atoms with E-state index < -0.39 is 10.0 Å². The number of hydrogen-bond acceptors (Lipinski definition) is 4. The third kappa shape index (κ3) is 7.24. The fraction of sp³-hybridized carbons (Fsp3) is 0.294. The van der Waals surface area contributed by atoms with Gasteiger partial charge in [-0.25, -0.2) is 13.1 Å². The number of halogens is 2. The van der Waals surface area contributed by atoms with Gasteiger partial charge in [0.05, 0.1) is 0 Å². The fourth-order valence-corrected chi connectivity index (χ4v) is 3.48. The zero-order valence-electron chi connectivity index (χ0n) is 15.1. The summed E-state index contributed by atoms with van der Waals surface area (Å²) in [6.45, 7) is 1.19. The number of nitrogens with one attached hydrogen (secondary N) is 2. The second kappa shape index (κ2) is 11.4. The number of aromatic nitrogens is 1. The van der Waals surface area contributed by atoms with Gasteiger partial charge in [-0.05, 0) is 23.8 Å². The van der Waals surface area contributed by atoms with Crippen LogP contribution in [0.5, 0.6) is 0 Å². The lowest BCUT2D eigenvalue weighted by atomic mass is 10.2. The van der Waals surface area contributed by atoms with E-state index in [0.717, 1.165) is 5.56 Å². The van der Waals surface area contributed by atoms with Gasteiger partial charge in [-0.2, -0.15) is 0 Å². The van der Waals surface area contributed by atoms with E-state index in [1.807, 2.05) is 36.2 Å². The van der Waals surface area contributed by atoms with Crippen molar-refractivity contribution < 1.29 is 8.42 Å². The van der Waals surface area contributed by atoms with E-state index in [-0.39, 0.29) is 35.4 Å². The molecule has 0 atom stereocenters. The topological polar surface area (TPSA) is 86.7 Å². The normalized spacial score (nSPS) is 11.6. The summed E-state index contributed by atoms with van der Waals surface area (Å²) in [7, 11) is -0.00354. The molecule has 0 spiro atoms. The first-order chi connectivity index (χ1) is 12.4. The van der Waals surface area contributed by atoms with Gasteiger partial charge < -0.3 is 10.2 Å². The number of sulfonamides is 1. The molecule has 0 aliphatic rings. The molecule has 1 aromatic heterocycles. The Balaban J connectivity index is 0.00000364. The maximum Gasteiger partial charge on any atom is 0.242 e. The monoisotopic (exact) mass is 523 g/mol. The van der Waals surface area contributed by atoms with Crippen molar-refractivity contribution >= 4 is 51.6 Å². The molecule has 0 amide bonds. The van der Waals surface area contributed by atoms with E-state index in [1.165, 1.54) is 18.5 Å². The molecule has 0 fully saturated rings. The van der Waals surface area contributed by atoms with Crippen LogP contribution >= 0.6 is 35.6 Å². The van der Waals surface area contributed by atoms with Crippen molar-refractivity contribution in [2.45, 2.75) is 11.4 Å². The highest BCUT2D eigenvalue weighted by Gasteiger charge is 2.13.